The Morgan fingerprint density at radius 1 is 1.42 bits per heavy atom. The first kappa shape index (κ1) is 7.28. The van der Waals surface area contributed by atoms with Crippen molar-refractivity contribution < 1.29 is 0 Å². The number of hydrogen-bond donors (Lipinski definition) is 0. The summed E-state index contributed by atoms with van der Waals surface area (Å²) in [5, 5.41) is 0. The first-order chi connectivity index (χ1) is 5.67. The molecule has 0 radical (unpaired) electrons. The number of fused-ring (bicyclic) bond motifs is 1. The van der Waals surface area contributed by atoms with E-state index in [1.165, 1.54) is 0 Å². The Kier molecular flexibility index (Phi) is 1.40. The van der Waals surface area contributed by atoms with Crippen molar-refractivity contribution in [2.75, 3.05) is 0 Å². The second kappa shape index (κ2) is 2.30. The minimum absolute atomic E-state index is 0.110. The van der Waals surface area contributed by atoms with Crippen molar-refractivity contribution in [2.24, 2.45) is 4.99 Å². The molecule has 3 heteroatoms. The number of aliphatic imine (C=N–C) groups is 1. The van der Waals surface area contributed by atoms with E-state index in [1.54, 1.807) is 12.4 Å². The lowest BCUT2D eigenvalue weighted by Gasteiger charge is -2.10. The monoisotopic (exact) mass is 161 g/mol. The van der Waals surface area contributed by atoms with Gasteiger partial charge in [-0.2, -0.15) is 0 Å². The molecule has 0 aliphatic carbocycles. The van der Waals surface area contributed by atoms with E-state index in [9.17, 15) is 0 Å². The van der Waals surface area contributed by atoms with Gasteiger partial charge in [0.05, 0.1) is 11.8 Å². The van der Waals surface area contributed by atoms with E-state index >= 15 is 0 Å². The van der Waals surface area contributed by atoms with E-state index in [1.807, 2.05) is 17.0 Å². The maximum atomic E-state index is 4.37. The molecule has 0 spiro atoms. The zero-order valence-electron chi connectivity index (χ0n) is 7.23. The van der Waals surface area contributed by atoms with Crippen LogP contribution in [0, 0.1) is 0 Å². The van der Waals surface area contributed by atoms with E-state index < -0.39 is 0 Å². The molecule has 62 valence electrons. The molecule has 1 aromatic rings. The highest BCUT2D eigenvalue weighted by atomic mass is 15.1. The van der Waals surface area contributed by atoms with Gasteiger partial charge < -0.3 is 4.57 Å². The van der Waals surface area contributed by atoms with Gasteiger partial charge in [-0.05, 0) is 19.9 Å². The van der Waals surface area contributed by atoms with Crippen LogP contribution in [-0.4, -0.2) is 21.3 Å². The van der Waals surface area contributed by atoms with Gasteiger partial charge in [0.2, 0.25) is 0 Å². The van der Waals surface area contributed by atoms with Gasteiger partial charge >= 0.3 is 0 Å². The van der Waals surface area contributed by atoms with Gasteiger partial charge in [0.25, 0.3) is 0 Å². The Morgan fingerprint density at radius 2 is 2.25 bits per heavy atom. The van der Waals surface area contributed by atoms with Crippen molar-refractivity contribution in [3.63, 3.8) is 0 Å². The van der Waals surface area contributed by atoms with Crippen molar-refractivity contribution >= 4 is 12.4 Å². The van der Waals surface area contributed by atoms with E-state index in [4.69, 9.17) is 0 Å². The molecule has 1 aliphatic rings. The van der Waals surface area contributed by atoms with Gasteiger partial charge in [0.1, 0.15) is 0 Å². The summed E-state index contributed by atoms with van der Waals surface area (Å²) in [6.45, 7) is 4.12. The van der Waals surface area contributed by atoms with Crippen LogP contribution in [0.1, 0.15) is 19.7 Å². The predicted octanol–water partition coefficient (Wildman–Crippen LogP) is 1.56. The van der Waals surface area contributed by atoms with Crippen LogP contribution in [0.15, 0.2) is 23.5 Å². The fourth-order valence-corrected chi connectivity index (χ4v) is 1.08. The number of nitrogens with zero attached hydrogens (tertiary/aromatic N) is 3. The van der Waals surface area contributed by atoms with Crippen LogP contribution in [-0.2, 0) is 0 Å². The first-order valence-electron chi connectivity index (χ1n) is 3.95. The highest BCUT2D eigenvalue weighted by Gasteiger charge is 2.13. The molecule has 0 aromatic carbocycles. The molecule has 0 bridgehead atoms. The molecule has 0 saturated heterocycles. The lowest BCUT2D eigenvalue weighted by atomic mass is 10.1. The summed E-state index contributed by atoms with van der Waals surface area (Å²) in [7, 11) is 0. The maximum absolute atomic E-state index is 4.37. The van der Waals surface area contributed by atoms with E-state index in [0.29, 0.717) is 0 Å². The Labute approximate surface area is 71.5 Å². The summed E-state index contributed by atoms with van der Waals surface area (Å²) in [4.78, 5) is 8.52. The Hall–Kier alpha value is -1.38. The number of hydrogen-bond acceptors (Lipinski definition) is 2. The highest BCUT2D eigenvalue weighted by molar-refractivity contribution is 5.77. The average Bonchev–Trinajstić information content (AvgIpc) is 2.40. The third-order valence-corrected chi connectivity index (χ3v) is 1.85. The van der Waals surface area contributed by atoms with Crippen LogP contribution in [0.5, 0.6) is 0 Å². The second-order valence-electron chi connectivity index (χ2n) is 3.42. The normalized spacial score (nSPS) is 18.8. The number of aromatic nitrogens is 2. The summed E-state index contributed by atoms with van der Waals surface area (Å²) in [5.41, 5.74) is -0.110. The molecule has 0 fully saturated rings. The van der Waals surface area contributed by atoms with Crippen molar-refractivity contribution in [2.45, 2.75) is 19.4 Å². The molecule has 0 N–H and O–H groups in total. The topological polar surface area (TPSA) is 30.2 Å². The Morgan fingerprint density at radius 3 is 3.08 bits per heavy atom. The molecule has 0 unspecified atom stereocenters. The maximum Gasteiger partial charge on any atom is 0.154 e. The van der Waals surface area contributed by atoms with Crippen molar-refractivity contribution in [3.8, 4) is 0 Å². The molecule has 1 aromatic heterocycles. The largest absolute Gasteiger partial charge is 0.306 e. The standard InChI is InChI=1S/C9H11N3/c1-9(2)3-5-12-6-4-10-8(12)7-11-9/h3-7H,1-2H3. The number of imidazole rings is 1. The molecule has 1 aliphatic heterocycles. The molecule has 0 atom stereocenters. The molecular formula is C9H11N3. The summed E-state index contributed by atoms with van der Waals surface area (Å²) in [6.07, 6.45) is 9.54. The fraction of sp³-hybridized carbons (Fsp3) is 0.333. The lowest BCUT2D eigenvalue weighted by molar-refractivity contribution is 0.664. The molecule has 2 rings (SSSR count). The summed E-state index contributed by atoms with van der Waals surface area (Å²) >= 11 is 0. The zero-order valence-corrected chi connectivity index (χ0v) is 7.23. The molecule has 12 heavy (non-hydrogen) atoms. The average molecular weight is 161 g/mol. The highest BCUT2D eigenvalue weighted by Crippen LogP contribution is 2.14. The van der Waals surface area contributed by atoms with Gasteiger partial charge in [0, 0.05) is 18.6 Å². The second-order valence-corrected chi connectivity index (χ2v) is 3.42. The lowest BCUT2D eigenvalue weighted by Crippen LogP contribution is -2.11. The summed E-state index contributed by atoms with van der Waals surface area (Å²) in [6, 6.07) is 0. The van der Waals surface area contributed by atoms with Gasteiger partial charge in [-0.3, -0.25) is 4.99 Å². The van der Waals surface area contributed by atoms with Crippen LogP contribution in [0.4, 0.5) is 0 Å². The van der Waals surface area contributed by atoms with Crippen LogP contribution in [0.3, 0.4) is 0 Å². The van der Waals surface area contributed by atoms with Gasteiger partial charge in [-0.15, -0.1) is 0 Å². The Bertz CT molecular complexity index is 314. The van der Waals surface area contributed by atoms with Gasteiger partial charge in [0.15, 0.2) is 5.82 Å². The van der Waals surface area contributed by atoms with Crippen LogP contribution < -0.4 is 0 Å². The van der Waals surface area contributed by atoms with E-state index in [2.05, 4.69) is 29.9 Å². The van der Waals surface area contributed by atoms with E-state index in [0.717, 1.165) is 5.82 Å². The SMILES string of the molecule is CC1(C)C=Cn2ccnc2C=N1. The van der Waals surface area contributed by atoms with Crippen molar-refractivity contribution in [1.82, 2.24) is 9.55 Å². The molecule has 0 amide bonds. The molecular weight excluding hydrogens is 150 g/mol. The summed E-state index contributed by atoms with van der Waals surface area (Å²) in [5.74, 6) is 0.886. The summed E-state index contributed by atoms with van der Waals surface area (Å²) < 4.78 is 1.96. The molecule has 3 nitrogen and oxygen atoms in total. The minimum atomic E-state index is -0.110. The third-order valence-electron chi connectivity index (χ3n) is 1.85. The first-order valence-corrected chi connectivity index (χ1v) is 3.95. The Balaban J connectivity index is 2.49. The van der Waals surface area contributed by atoms with Crippen LogP contribution in [0.25, 0.3) is 6.20 Å². The quantitative estimate of drug-likeness (QED) is 0.568. The zero-order chi connectivity index (χ0) is 8.60. The molecule has 2 heterocycles. The predicted molar refractivity (Wildman–Crippen MR) is 49.2 cm³/mol. The number of rotatable bonds is 0. The van der Waals surface area contributed by atoms with Crippen LogP contribution >= 0.6 is 0 Å². The van der Waals surface area contributed by atoms with Gasteiger partial charge in [-0.25, -0.2) is 4.98 Å². The minimum Gasteiger partial charge on any atom is -0.306 e. The fourth-order valence-electron chi connectivity index (χ4n) is 1.08. The van der Waals surface area contributed by atoms with Crippen LogP contribution in [0.2, 0.25) is 0 Å². The third kappa shape index (κ3) is 1.18. The van der Waals surface area contributed by atoms with Crippen molar-refractivity contribution in [1.29, 1.82) is 0 Å². The molecule has 0 saturated carbocycles. The van der Waals surface area contributed by atoms with Crippen molar-refractivity contribution in [3.05, 3.63) is 24.3 Å². The smallest absolute Gasteiger partial charge is 0.154 e. The van der Waals surface area contributed by atoms with E-state index in [-0.39, 0.29) is 5.54 Å². The van der Waals surface area contributed by atoms with Gasteiger partial charge in [-0.1, -0.05) is 0 Å².